The molecule has 0 amide bonds. The van der Waals surface area contributed by atoms with Gasteiger partial charge in [-0.2, -0.15) is 0 Å². The molecule has 106 valence electrons. The maximum atomic E-state index is 6.51. The predicted molar refractivity (Wildman–Crippen MR) is 78.3 cm³/mol. The second kappa shape index (κ2) is 5.88. The number of hydrazine groups is 1. The number of halogens is 1. The molecule has 0 aliphatic carbocycles. The van der Waals surface area contributed by atoms with Gasteiger partial charge in [0.15, 0.2) is 0 Å². The van der Waals surface area contributed by atoms with Gasteiger partial charge in [-0.25, -0.2) is 5.01 Å². The first kappa shape index (κ1) is 14.3. The molecule has 1 aliphatic heterocycles. The van der Waals surface area contributed by atoms with Gasteiger partial charge < -0.3 is 9.47 Å². The molecule has 0 bridgehead atoms. The van der Waals surface area contributed by atoms with Crippen molar-refractivity contribution in [3.63, 3.8) is 0 Å². The first-order chi connectivity index (χ1) is 9.15. The topological polar surface area (TPSA) is 24.9 Å². The number of alkyl halides is 1. The van der Waals surface area contributed by atoms with Crippen LogP contribution in [-0.4, -0.2) is 37.8 Å². The fourth-order valence-corrected chi connectivity index (χ4v) is 2.96. The Balaban J connectivity index is 2.48. The lowest BCUT2D eigenvalue weighted by Gasteiger charge is -2.34. The lowest BCUT2D eigenvalue weighted by molar-refractivity contribution is 0.273. The van der Waals surface area contributed by atoms with Gasteiger partial charge in [0, 0.05) is 37.2 Å². The highest BCUT2D eigenvalue weighted by atomic mass is 35.5. The second-order valence-electron chi connectivity index (χ2n) is 4.45. The van der Waals surface area contributed by atoms with E-state index in [0.717, 1.165) is 42.3 Å². The fourth-order valence-electron chi connectivity index (χ4n) is 2.58. The molecule has 0 radical (unpaired) electrons. The zero-order chi connectivity index (χ0) is 14.0. The van der Waals surface area contributed by atoms with E-state index in [2.05, 4.69) is 23.9 Å². The van der Waals surface area contributed by atoms with Gasteiger partial charge in [-0.05, 0) is 0 Å². The van der Waals surface area contributed by atoms with E-state index in [1.54, 1.807) is 14.2 Å². The molecule has 1 atom stereocenters. The van der Waals surface area contributed by atoms with E-state index in [-0.39, 0.29) is 5.50 Å². The number of hydrogen-bond acceptors (Lipinski definition) is 4. The van der Waals surface area contributed by atoms with Crippen LogP contribution in [0.25, 0.3) is 0 Å². The van der Waals surface area contributed by atoms with Crippen LogP contribution in [-0.2, 0) is 6.42 Å². The Morgan fingerprint density at radius 3 is 2.47 bits per heavy atom. The normalized spacial score (nSPS) is 17.8. The molecule has 1 aromatic rings. The minimum Gasteiger partial charge on any atom is -0.497 e. The second-order valence-corrected chi connectivity index (χ2v) is 4.95. The van der Waals surface area contributed by atoms with E-state index in [0.29, 0.717) is 0 Å². The van der Waals surface area contributed by atoms with E-state index in [9.17, 15) is 0 Å². The van der Waals surface area contributed by atoms with Crippen molar-refractivity contribution in [3.8, 4) is 11.5 Å². The van der Waals surface area contributed by atoms with Gasteiger partial charge in [0.1, 0.15) is 17.0 Å². The van der Waals surface area contributed by atoms with Gasteiger partial charge >= 0.3 is 0 Å². The number of fused-ring (bicyclic) bond motifs is 1. The maximum Gasteiger partial charge on any atom is 0.127 e. The van der Waals surface area contributed by atoms with Crippen molar-refractivity contribution in [1.82, 2.24) is 5.01 Å². The number of rotatable bonds is 5. The molecule has 1 aromatic carbocycles. The van der Waals surface area contributed by atoms with Gasteiger partial charge in [0.05, 0.1) is 19.9 Å². The highest BCUT2D eigenvalue weighted by molar-refractivity contribution is 6.22. The van der Waals surface area contributed by atoms with E-state index in [1.165, 1.54) is 0 Å². The molecule has 0 spiro atoms. The van der Waals surface area contributed by atoms with Crippen LogP contribution in [0.5, 0.6) is 11.5 Å². The summed E-state index contributed by atoms with van der Waals surface area (Å²) in [6.45, 7) is 6.09. The van der Waals surface area contributed by atoms with Crippen molar-refractivity contribution in [2.45, 2.75) is 25.8 Å². The van der Waals surface area contributed by atoms with Crippen LogP contribution in [0.4, 0.5) is 5.69 Å². The van der Waals surface area contributed by atoms with Crippen LogP contribution in [0.1, 0.15) is 19.4 Å². The Morgan fingerprint density at radius 2 is 1.95 bits per heavy atom. The number of ether oxygens (including phenoxy) is 2. The average molecular weight is 285 g/mol. The fraction of sp³-hybridized carbons (Fsp3) is 0.571. The zero-order valence-electron chi connectivity index (χ0n) is 11.9. The van der Waals surface area contributed by atoms with Crippen LogP contribution in [0, 0.1) is 0 Å². The Hall–Kier alpha value is -1.13. The summed E-state index contributed by atoms with van der Waals surface area (Å²) in [7, 11) is 3.34. The molecule has 2 rings (SSSR count). The lowest BCUT2D eigenvalue weighted by atomic mass is 10.1. The Kier molecular flexibility index (Phi) is 4.42. The molecular weight excluding hydrogens is 264 g/mol. The number of hydrogen-bond donors (Lipinski definition) is 0. The molecule has 1 heterocycles. The Morgan fingerprint density at radius 1 is 1.26 bits per heavy atom. The summed E-state index contributed by atoms with van der Waals surface area (Å²) in [5.74, 6) is 1.63. The van der Waals surface area contributed by atoms with Crippen LogP contribution in [0.2, 0.25) is 0 Å². The summed E-state index contributed by atoms with van der Waals surface area (Å²) in [5.41, 5.74) is 2.16. The molecule has 5 heteroatoms. The molecular formula is C14H21ClN2O2. The van der Waals surface area contributed by atoms with Gasteiger partial charge in [0.2, 0.25) is 0 Å². The Bertz CT molecular complexity index is 449. The van der Waals surface area contributed by atoms with E-state index in [1.807, 2.05) is 12.1 Å². The van der Waals surface area contributed by atoms with Crippen LogP contribution < -0.4 is 14.5 Å². The van der Waals surface area contributed by atoms with Crippen LogP contribution in [0.15, 0.2) is 12.1 Å². The molecule has 0 saturated carbocycles. The van der Waals surface area contributed by atoms with E-state index in [4.69, 9.17) is 21.1 Å². The highest BCUT2D eigenvalue weighted by Crippen LogP contribution is 2.43. The summed E-state index contributed by atoms with van der Waals surface area (Å²) in [5, 5.41) is 4.37. The summed E-state index contributed by atoms with van der Waals surface area (Å²) in [6, 6.07) is 3.94. The van der Waals surface area contributed by atoms with Crippen molar-refractivity contribution in [2.24, 2.45) is 0 Å². The first-order valence-electron chi connectivity index (χ1n) is 6.59. The molecule has 0 aromatic heterocycles. The van der Waals surface area contributed by atoms with E-state index < -0.39 is 0 Å². The first-order valence-corrected chi connectivity index (χ1v) is 7.02. The minimum absolute atomic E-state index is 0.0732. The summed E-state index contributed by atoms with van der Waals surface area (Å²) < 4.78 is 10.8. The maximum absolute atomic E-state index is 6.51. The molecule has 1 unspecified atom stereocenters. The average Bonchev–Trinajstić information content (AvgIpc) is 2.76. The molecule has 0 fully saturated rings. The predicted octanol–water partition coefficient (Wildman–Crippen LogP) is 2.89. The molecule has 0 N–H and O–H groups in total. The quantitative estimate of drug-likeness (QED) is 0.613. The number of anilines is 1. The summed E-state index contributed by atoms with van der Waals surface area (Å²) in [4.78, 5) is 0. The lowest BCUT2D eigenvalue weighted by Crippen LogP contribution is -2.44. The van der Waals surface area contributed by atoms with Crippen molar-refractivity contribution in [1.29, 1.82) is 0 Å². The van der Waals surface area contributed by atoms with Crippen LogP contribution in [0.3, 0.4) is 0 Å². The van der Waals surface area contributed by atoms with Gasteiger partial charge in [0.25, 0.3) is 0 Å². The van der Waals surface area contributed by atoms with Crippen molar-refractivity contribution in [3.05, 3.63) is 17.7 Å². The third-order valence-corrected chi connectivity index (χ3v) is 3.87. The summed E-state index contributed by atoms with van der Waals surface area (Å²) in [6.07, 6.45) is 0.778. The SMILES string of the molecule is CCN(CC)N1c2cc(OC)cc(OC)c2CC1Cl. The molecule has 19 heavy (non-hydrogen) atoms. The molecule has 0 saturated heterocycles. The smallest absolute Gasteiger partial charge is 0.127 e. The minimum atomic E-state index is -0.0732. The van der Waals surface area contributed by atoms with Crippen molar-refractivity contribution in [2.75, 3.05) is 32.3 Å². The standard InChI is InChI=1S/C14H21ClN2O2/c1-5-16(6-2)17-12-7-10(18-3)8-13(19-4)11(12)9-14(17)15/h7-8,14H,5-6,9H2,1-4H3. The third kappa shape index (κ3) is 2.47. The third-order valence-electron chi connectivity index (χ3n) is 3.53. The number of methoxy groups -OCH3 is 2. The van der Waals surface area contributed by atoms with Gasteiger partial charge in [-0.1, -0.05) is 25.4 Å². The summed E-state index contributed by atoms with van der Waals surface area (Å²) >= 11 is 6.51. The van der Waals surface area contributed by atoms with E-state index >= 15 is 0 Å². The molecule has 1 aliphatic rings. The van der Waals surface area contributed by atoms with Gasteiger partial charge in [-0.3, -0.25) is 5.01 Å². The largest absolute Gasteiger partial charge is 0.497 e. The number of benzene rings is 1. The molecule has 4 nitrogen and oxygen atoms in total. The Labute approximate surface area is 119 Å². The van der Waals surface area contributed by atoms with Crippen molar-refractivity contribution >= 4 is 17.3 Å². The highest BCUT2D eigenvalue weighted by Gasteiger charge is 2.33. The van der Waals surface area contributed by atoms with Crippen LogP contribution >= 0.6 is 11.6 Å². The van der Waals surface area contributed by atoms with Crippen molar-refractivity contribution < 1.29 is 9.47 Å². The van der Waals surface area contributed by atoms with Gasteiger partial charge in [-0.15, -0.1) is 0 Å². The zero-order valence-corrected chi connectivity index (χ0v) is 12.7. The number of nitrogens with zero attached hydrogens (tertiary/aromatic N) is 2. The monoisotopic (exact) mass is 284 g/mol.